The lowest BCUT2D eigenvalue weighted by Gasteiger charge is -2.03. The number of hydrogen-bond acceptors (Lipinski definition) is 4. The maximum atomic E-state index is 8.73. The minimum atomic E-state index is -0.187. The van der Waals surface area contributed by atoms with Crippen molar-refractivity contribution in [3.8, 4) is 0 Å². The van der Waals surface area contributed by atoms with Crippen molar-refractivity contribution >= 4 is 0 Å². The average molecular weight is 196 g/mol. The second kappa shape index (κ2) is 4.06. The molecule has 1 aromatic heterocycles. The first kappa shape index (κ1) is 9.61. The number of nitrogens with two attached hydrogens (primary N) is 1. The van der Waals surface area contributed by atoms with Gasteiger partial charge in [0.1, 0.15) is 0 Å². The summed E-state index contributed by atoms with van der Waals surface area (Å²) >= 11 is 0. The minimum Gasteiger partial charge on any atom is -0.396 e. The summed E-state index contributed by atoms with van der Waals surface area (Å²) in [6.07, 6.45) is 5.04. The van der Waals surface area contributed by atoms with Crippen molar-refractivity contribution in [3.63, 3.8) is 0 Å². The molecule has 0 amide bonds. The molecule has 1 fully saturated rings. The first-order valence-corrected chi connectivity index (χ1v) is 5.06. The molecule has 1 saturated carbocycles. The van der Waals surface area contributed by atoms with Crippen LogP contribution in [0.3, 0.4) is 0 Å². The van der Waals surface area contributed by atoms with Gasteiger partial charge in [0.2, 0.25) is 0 Å². The highest BCUT2D eigenvalue weighted by molar-refractivity contribution is 4.99. The van der Waals surface area contributed by atoms with Gasteiger partial charge in [0.15, 0.2) is 0 Å². The predicted octanol–water partition coefficient (Wildman–Crippen LogP) is 0.0703. The van der Waals surface area contributed by atoms with Gasteiger partial charge in [0, 0.05) is 13.2 Å². The Kier molecular flexibility index (Phi) is 2.79. The molecule has 1 unspecified atom stereocenters. The van der Waals surface area contributed by atoms with Crippen molar-refractivity contribution in [3.05, 3.63) is 11.9 Å². The van der Waals surface area contributed by atoms with E-state index in [-0.39, 0.29) is 12.6 Å². The van der Waals surface area contributed by atoms with Crippen LogP contribution in [0.15, 0.2) is 6.20 Å². The van der Waals surface area contributed by atoms with Crippen molar-refractivity contribution in [1.82, 2.24) is 15.0 Å². The minimum absolute atomic E-state index is 0.0939. The molecule has 0 radical (unpaired) electrons. The number of nitrogens with zero attached hydrogens (tertiary/aromatic N) is 3. The van der Waals surface area contributed by atoms with Crippen LogP contribution >= 0.6 is 0 Å². The lowest BCUT2D eigenvalue weighted by Crippen LogP contribution is -2.12. The smallest absolute Gasteiger partial charge is 0.0994 e. The van der Waals surface area contributed by atoms with E-state index in [1.165, 1.54) is 12.8 Å². The predicted molar refractivity (Wildman–Crippen MR) is 51.4 cm³/mol. The SMILES string of the molecule is NC(CCO)c1cn(CC2CC2)nn1. The van der Waals surface area contributed by atoms with E-state index in [9.17, 15) is 0 Å². The Morgan fingerprint density at radius 2 is 2.43 bits per heavy atom. The molecule has 1 atom stereocenters. The Balaban J connectivity index is 1.93. The third kappa shape index (κ3) is 2.30. The highest BCUT2D eigenvalue weighted by Crippen LogP contribution is 2.30. The van der Waals surface area contributed by atoms with Gasteiger partial charge in [-0.05, 0) is 25.2 Å². The molecule has 1 aliphatic rings. The Bertz CT molecular complexity index is 295. The van der Waals surface area contributed by atoms with Crippen molar-refractivity contribution < 1.29 is 5.11 Å². The summed E-state index contributed by atoms with van der Waals surface area (Å²) in [6.45, 7) is 1.05. The number of rotatable bonds is 5. The quantitative estimate of drug-likeness (QED) is 0.698. The van der Waals surface area contributed by atoms with Gasteiger partial charge in [-0.25, -0.2) is 0 Å². The first-order valence-electron chi connectivity index (χ1n) is 5.06. The third-order valence-electron chi connectivity index (χ3n) is 2.52. The van der Waals surface area contributed by atoms with E-state index in [0.29, 0.717) is 6.42 Å². The van der Waals surface area contributed by atoms with Crippen LogP contribution in [0.2, 0.25) is 0 Å². The molecule has 3 N–H and O–H groups in total. The van der Waals surface area contributed by atoms with Gasteiger partial charge in [0.25, 0.3) is 0 Å². The molecule has 0 aliphatic heterocycles. The van der Waals surface area contributed by atoms with Crippen molar-refractivity contribution in [2.24, 2.45) is 11.7 Å². The zero-order chi connectivity index (χ0) is 9.97. The molecule has 0 spiro atoms. The summed E-state index contributed by atoms with van der Waals surface area (Å²) in [5, 5.41) is 16.7. The molecular formula is C9H16N4O. The molecule has 5 nitrogen and oxygen atoms in total. The van der Waals surface area contributed by atoms with Crippen LogP contribution < -0.4 is 5.73 Å². The Labute approximate surface area is 82.9 Å². The van der Waals surface area contributed by atoms with Gasteiger partial charge < -0.3 is 10.8 Å². The molecule has 0 aromatic carbocycles. The molecule has 2 rings (SSSR count). The highest BCUT2D eigenvalue weighted by Gasteiger charge is 2.22. The van der Waals surface area contributed by atoms with E-state index in [1.54, 1.807) is 0 Å². The Hall–Kier alpha value is -0.940. The van der Waals surface area contributed by atoms with Gasteiger partial charge >= 0.3 is 0 Å². The summed E-state index contributed by atoms with van der Waals surface area (Å²) in [6, 6.07) is -0.187. The number of aromatic nitrogens is 3. The van der Waals surface area contributed by atoms with Crippen LogP contribution in [0.1, 0.15) is 31.0 Å². The Morgan fingerprint density at radius 1 is 1.64 bits per heavy atom. The van der Waals surface area contributed by atoms with E-state index in [0.717, 1.165) is 18.2 Å². The van der Waals surface area contributed by atoms with Crippen molar-refractivity contribution in [2.75, 3.05) is 6.61 Å². The number of hydrogen-bond donors (Lipinski definition) is 2. The fraction of sp³-hybridized carbons (Fsp3) is 0.778. The van der Waals surface area contributed by atoms with Crippen molar-refractivity contribution in [2.45, 2.75) is 31.8 Å². The normalized spacial score (nSPS) is 18.4. The Morgan fingerprint density at radius 3 is 3.07 bits per heavy atom. The van der Waals surface area contributed by atoms with Crippen LogP contribution in [0.25, 0.3) is 0 Å². The van der Waals surface area contributed by atoms with Crippen molar-refractivity contribution in [1.29, 1.82) is 0 Å². The van der Waals surface area contributed by atoms with Crippen LogP contribution in [-0.2, 0) is 6.54 Å². The van der Waals surface area contributed by atoms with Crippen LogP contribution in [0.5, 0.6) is 0 Å². The van der Waals surface area contributed by atoms with Crippen LogP contribution in [0.4, 0.5) is 0 Å². The maximum Gasteiger partial charge on any atom is 0.0994 e. The fourth-order valence-corrected chi connectivity index (χ4v) is 1.42. The third-order valence-corrected chi connectivity index (χ3v) is 2.52. The van der Waals surface area contributed by atoms with Crippen LogP contribution in [-0.4, -0.2) is 26.7 Å². The van der Waals surface area contributed by atoms with E-state index < -0.39 is 0 Å². The second-order valence-corrected chi connectivity index (χ2v) is 3.93. The number of aliphatic hydroxyl groups is 1. The zero-order valence-electron chi connectivity index (χ0n) is 8.13. The van der Waals surface area contributed by atoms with Gasteiger partial charge in [-0.3, -0.25) is 4.68 Å². The summed E-state index contributed by atoms with van der Waals surface area (Å²) in [4.78, 5) is 0. The van der Waals surface area contributed by atoms with Gasteiger partial charge in [-0.15, -0.1) is 5.10 Å². The molecule has 1 aromatic rings. The summed E-state index contributed by atoms with van der Waals surface area (Å²) < 4.78 is 1.85. The standard InChI is InChI=1S/C9H16N4O/c10-8(3-4-14)9-6-13(12-11-9)5-7-1-2-7/h6-8,14H,1-5,10H2. The van der Waals surface area contributed by atoms with Crippen LogP contribution in [0, 0.1) is 5.92 Å². The monoisotopic (exact) mass is 196 g/mol. The second-order valence-electron chi connectivity index (χ2n) is 3.93. The van der Waals surface area contributed by atoms with E-state index >= 15 is 0 Å². The lowest BCUT2D eigenvalue weighted by atomic mass is 10.2. The van der Waals surface area contributed by atoms with Gasteiger partial charge in [0.05, 0.1) is 17.9 Å². The highest BCUT2D eigenvalue weighted by atomic mass is 16.3. The molecule has 0 bridgehead atoms. The van der Waals surface area contributed by atoms with E-state index in [2.05, 4.69) is 10.3 Å². The van der Waals surface area contributed by atoms with Gasteiger partial charge in [-0.2, -0.15) is 0 Å². The zero-order valence-corrected chi connectivity index (χ0v) is 8.13. The molecule has 5 heteroatoms. The molecule has 14 heavy (non-hydrogen) atoms. The number of aliphatic hydroxyl groups excluding tert-OH is 1. The van der Waals surface area contributed by atoms with E-state index in [4.69, 9.17) is 10.8 Å². The van der Waals surface area contributed by atoms with Gasteiger partial charge in [-0.1, -0.05) is 5.21 Å². The summed E-state index contributed by atoms with van der Waals surface area (Å²) in [5.41, 5.74) is 6.57. The largest absolute Gasteiger partial charge is 0.396 e. The fourth-order valence-electron chi connectivity index (χ4n) is 1.42. The molecule has 1 aliphatic carbocycles. The first-order chi connectivity index (χ1) is 6.79. The molecule has 78 valence electrons. The maximum absolute atomic E-state index is 8.73. The topological polar surface area (TPSA) is 77.0 Å². The summed E-state index contributed by atoms with van der Waals surface area (Å²) in [7, 11) is 0. The molecule has 1 heterocycles. The van der Waals surface area contributed by atoms with E-state index in [1.807, 2.05) is 10.9 Å². The average Bonchev–Trinajstić information content (AvgIpc) is 2.82. The summed E-state index contributed by atoms with van der Waals surface area (Å²) in [5.74, 6) is 0.790. The lowest BCUT2D eigenvalue weighted by molar-refractivity contribution is 0.275. The molecule has 0 saturated heterocycles. The molecular weight excluding hydrogens is 180 g/mol.